The van der Waals surface area contributed by atoms with Crippen LogP contribution in [-0.2, 0) is 21.6 Å². The van der Waals surface area contributed by atoms with Gasteiger partial charge < -0.3 is 23.8 Å². The van der Waals surface area contributed by atoms with Crippen LogP contribution in [0.3, 0.4) is 0 Å². The van der Waals surface area contributed by atoms with E-state index in [0.717, 1.165) is 18.5 Å². The van der Waals surface area contributed by atoms with Crippen LogP contribution in [0.4, 0.5) is 24.7 Å². The van der Waals surface area contributed by atoms with Gasteiger partial charge in [0, 0.05) is 48.5 Å². The van der Waals surface area contributed by atoms with Gasteiger partial charge in [0.1, 0.15) is 17.5 Å². The number of benzene rings is 2. The molecule has 1 aromatic heterocycles. The summed E-state index contributed by atoms with van der Waals surface area (Å²) < 4.78 is 69.9. The van der Waals surface area contributed by atoms with Gasteiger partial charge in [-0.3, -0.25) is 4.57 Å². The molecule has 49 heavy (non-hydrogen) atoms. The number of hydrogen-bond donors (Lipinski definition) is 0. The highest BCUT2D eigenvalue weighted by Crippen LogP contribution is 2.39. The average molecular weight is 700 g/mol. The Morgan fingerprint density at radius 3 is 2.27 bits per heavy atom. The molecule has 0 saturated carbocycles. The van der Waals surface area contributed by atoms with Gasteiger partial charge in [-0.05, 0) is 80.9 Å². The normalized spacial score (nSPS) is 13.8. The number of anilines is 2. The van der Waals surface area contributed by atoms with Crippen LogP contribution >= 0.6 is 11.8 Å². The van der Waals surface area contributed by atoms with Gasteiger partial charge in [-0.1, -0.05) is 38.6 Å². The lowest BCUT2D eigenvalue weighted by molar-refractivity contribution is -0.0310. The van der Waals surface area contributed by atoms with E-state index in [1.807, 2.05) is 34.7 Å². The summed E-state index contributed by atoms with van der Waals surface area (Å²) in [6.07, 6.45) is 8.99. The molecule has 0 atom stereocenters. The second-order valence-electron chi connectivity index (χ2n) is 13.3. The van der Waals surface area contributed by atoms with Gasteiger partial charge in [0.15, 0.2) is 28.2 Å². The Labute approximate surface area is 292 Å². The highest BCUT2D eigenvalue weighted by atomic mass is 32.2. The molecule has 4 rings (SSSR count). The number of nitrogens with zero attached hydrogens (tertiary/aromatic N) is 3. The Bertz CT molecular complexity index is 1690. The maximum atomic E-state index is 15.6. The monoisotopic (exact) mass is 699 g/mol. The van der Waals surface area contributed by atoms with E-state index in [-0.39, 0.29) is 28.1 Å². The van der Waals surface area contributed by atoms with Gasteiger partial charge in [0.25, 0.3) is 0 Å². The first-order chi connectivity index (χ1) is 23.2. The summed E-state index contributed by atoms with van der Waals surface area (Å²) in [6, 6.07) is 8.35. The largest absolute Gasteiger partial charge is 0.494 e. The van der Waals surface area contributed by atoms with Crippen molar-refractivity contribution in [2.75, 3.05) is 39.9 Å². The third-order valence-electron chi connectivity index (χ3n) is 8.78. The zero-order valence-corrected chi connectivity index (χ0v) is 30.8. The fourth-order valence-electron chi connectivity index (χ4n) is 5.41. The first-order valence-corrected chi connectivity index (χ1v) is 17.3. The van der Waals surface area contributed by atoms with Crippen LogP contribution in [0.5, 0.6) is 11.5 Å². The molecule has 1 aliphatic rings. The smallest absolute Gasteiger partial charge is 0.174 e. The van der Waals surface area contributed by atoms with Gasteiger partial charge in [-0.25, -0.2) is 18.2 Å². The summed E-state index contributed by atoms with van der Waals surface area (Å²) in [5.41, 5.74) is 1.49. The summed E-state index contributed by atoms with van der Waals surface area (Å²) in [7, 11) is 6.39. The van der Waals surface area contributed by atoms with Crippen LogP contribution in [0.2, 0.25) is 0 Å². The maximum Gasteiger partial charge on any atom is 0.174 e. The Balaban J connectivity index is 1.62. The van der Waals surface area contributed by atoms with Crippen molar-refractivity contribution in [2.24, 2.45) is 5.41 Å². The van der Waals surface area contributed by atoms with E-state index in [2.05, 4.69) is 39.6 Å². The molecule has 7 nitrogen and oxygen atoms in total. The van der Waals surface area contributed by atoms with Crippen LogP contribution in [0.1, 0.15) is 65.0 Å². The molecule has 0 spiro atoms. The second kappa shape index (κ2) is 16.3. The van der Waals surface area contributed by atoms with Crippen LogP contribution in [0.25, 0.3) is 5.70 Å². The zero-order chi connectivity index (χ0) is 35.9. The molecule has 1 aliphatic carbocycles. The van der Waals surface area contributed by atoms with E-state index in [4.69, 9.17) is 18.9 Å². The molecule has 0 N–H and O–H groups in total. The lowest BCUT2D eigenvalue weighted by Gasteiger charge is -2.29. The van der Waals surface area contributed by atoms with E-state index < -0.39 is 17.5 Å². The van der Waals surface area contributed by atoms with Crippen LogP contribution in [0.15, 0.2) is 71.5 Å². The molecule has 1 heterocycles. The third kappa shape index (κ3) is 9.45. The number of methoxy groups -OCH3 is 3. The van der Waals surface area contributed by atoms with Crippen molar-refractivity contribution < 1.29 is 32.1 Å². The Hall–Kier alpha value is -3.83. The fraction of sp³-hybridized carbons (Fsp3) is 0.447. The lowest BCUT2D eigenvalue weighted by atomic mass is 9.82. The number of aromatic nitrogens is 2. The van der Waals surface area contributed by atoms with E-state index >= 15 is 8.78 Å². The minimum absolute atomic E-state index is 0.0153. The summed E-state index contributed by atoms with van der Waals surface area (Å²) in [6.45, 7) is 10.9. The van der Waals surface area contributed by atoms with Crippen LogP contribution in [-0.4, -0.2) is 50.1 Å². The van der Waals surface area contributed by atoms with E-state index in [1.54, 1.807) is 32.6 Å². The van der Waals surface area contributed by atoms with Gasteiger partial charge in [0.05, 0.1) is 33.1 Å². The van der Waals surface area contributed by atoms with Crippen molar-refractivity contribution >= 4 is 29.0 Å². The first-order valence-electron chi connectivity index (χ1n) is 16.3. The molecule has 0 radical (unpaired) electrons. The predicted octanol–water partition coefficient (Wildman–Crippen LogP) is 10.0. The molecule has 11 heteroatoms. The summed E-state index contributed by atoms with van der Waals surface area (Å²) in [4.78, 5) is 6.55. The molecule has 3 aromatic rings. The van der Waals surface area contributed by atoms with Crippen molar-refractivity contribution in [3.63, 3.8) is 0 Å². The highest BCUT2D eigenvalue weighted by molar-refractivity contribution is 7.98. The molecule has 0 unspecified atom stereocenters. The molecule has 0 aliphatic heterocycles. The molecule has 266 valence electrons. The number of thioether (sulfide) groups is 1. The molecule has 0 bridgehead atoms. The number of imidazole rings is 1. The number of allylic oxidation sites excluding steroid dienone is 5. The van der Waals surface area contributed by atoms with Crippen molar-refractivity contribution in [1.29, 1.82) is 0 Å². The number of halogens is 3. The minimum atomic E-state index is -0.607. The summed E-state index contributed by atoms with van der Waals surface area (Å²) in [5.74, 6) is 0.0903. The van der Waals surface area contributed by atoms with Crippen molar-refractivity contribution in [1.82, 2.24) is 9.55 Å². The lowest BCUT2D eigenvalue weighted by Crippen LogP contribution is -2.26. The fourth-order valence-corrected chi connectivity index (χ4v) is 6.41. The standard InChI is InChI=1S/C38H48F3N3O4S/c1-10-38(4,5)48-17-16-37(2,3)22-25-18-30(40)28(31(41)19-25)24-49-36-42-23-35(43(6)26-14-15-32(45-7)34(20-26)47-9)44(36)27-12-11-13-29(39)33(21-27)46-8/h12-15,18-21,23H,10-11,16-17,22,24H2,1-9H3. The van der Waals surface area contributed by atoms with Gasteiger partial charge in [0.2, 0.25) is 0 Å². The van der Waals surface area contributed by atoms with Crippen LogP contribution < -0.4 is 14.4 Å². The Morgan fingerprint density at radius 2 is 1.63 bits per heavy atom. The maximum absolute atomic E-state index is 15.6. The molecule has 2 aromatic carbocycles. The predicted molar refractivity (Wildman–Crippen MR) is 191 cm³/mol. The van der Waals surface area contributed by atoms with Crippen molar-refractivity contribution in [3.8, 4) is 11.5 Å². The molecule has 0 amide bonds. The number of ether oxygens (including phenoxy) is 4. The summed E-state index contributed by atoms with van der Waals surface area (Å²) in [5, 5.41) is 0.460. The van der Waals surface area contributed by atoms with Crippen molar-refractivity contribution in [3.05, 3.63) is 89.1 Å². The van der Waals surface area contributed by atoms with Crippen molar-refractivity contribution in [2.45, 2.75) is 76.8 Å². The Kier molecular flexibility index (Phi) is 12.6. The molecule has 0 saturated heterocycles. The topological polar surface area (TPSA) is 58.0 Å². The second-order valence-corrected chi connectivity index (χ2v) is 14.3. The van der Waals surface area contributed by atoms with Crippen LogP contribution in [0, 0.1) is 17.0 Å². The SMILES string of the molecule is CCC(C)(C)OCCC(C)(C)Cc1cc(F)c(CSc2ncc(N(C)c3ccc(OC)c(OC)c3)n2C2=CCC=C(F)C(OC)=C2)c(F)c1. The Morgan fingerprint density at radius 1 is 0.939 bits per heavy atom. The average Bonchev–Trinajstić information content (AvgIpc) is 3.38. The molecular weight excluding hydrogens is 651 g/mol. The zero-order valence-electron chi connectivity index (χ0n) is 30.0. The highest BCUT2D eigenvalue weighted by Gasteiger charge is 2.25. The summed E-state index contributed by atoms with van der Waals surface area (Å²) >= 11 is 1.18. The van der Waals surface area contributed by atoms with Gasteiger partial charge in [-0.2, -0.15) is 0 Å². The number of hydrogen-bond acceptors (Lipinski definition) is 7. The first kappa shape index (κ1) is 38.0. The van der Waals surface area contributed by atoms with E-state index in [1.165, 1.54) is 37.1 Å². The number of rotatable bonds is 16. The third-order valence-corrected chi connectivity index (χ3v) is 9.76. The van der Waals surface area contributed by atoms with E-state index in [9.17, 15) is 4.39 Å². The van der Waals surface area contributed by atoms with Gasteiger partial charge >= 0.3 is 0 Å². The van der Waals surface area contributed by atoms with Gasteiger partial charge in [-0.15, -0.1) is 0 Å². The minimum Gasteiger partial charge on any atom is -0.494 e. The molecule has 0 fully saturated rings. The molecular formula is C38H48F3N3O4S. The van der Waals surface area contributed by atoms with E-state index in [0.29, 0.717) is 53.2 Å². The quantitative estimate of drug-likeness (QED) is 0.138.